The molecular formula is C34H35N3O9S2. The van der Waals surface area contributed by atoms with E-state index in [1.807, 2.05) is 12.1 Å². The molecule has 14 heteroatoms. The first kappa shape index (κ1) is 32.3. The number of nitrogens with zero attached hydrogens (tertiary/aromatic N) is 1. The van der Waals surface area contributed by atoms with Crippen LogP contribution >= 0.6 is 23.1 Å². The average molecular weight is 694 g/mol. The van der Waals surface area contributed by atoms with Crippen molar-refractivity contribution in [3.63, 3.8) is 0 Å². The molecule has 3 amide bonds. The van der Waals surface area contributed by atoms with Crippen LogP contribution < -0.4 is 19.7 Å². The van der Waals surface area contributed by atoms with Crippen LogP contribution in [0.3, 0.4) is 0 Å². The molecule has 1 aromatic heterocycles. The zero-order valence-corrected chi connectivity index (χ0v) is 27.7. The number of thioether (sulfide) groups is 1. The Kier molecular flexibility index (Phi) is 8.71. The number of hydrogen-bond acceptors (Lipinski definition) is 10. The summed E-state index contributed by atoms with van der Waals surface area (Å²) in [5.74, 6) is -1.61. The van der Waals surface area contributed by atoms with Gasteiger partial charge in [0.2, 0.25) is 11.8 Å². The van der Waals surface area contributed by atoms with E-state index in [9.17, 15) is 29.1 Å². The van der Waals surface area contributed by atoms with Gasteiger partial charge in [0.1, 0.15) is 5.75 Å². The molecule has 0 spiro atoms. The van der Waals surface area contributed by atoms with Gasteiger partial charge in [-0.05, 0) is 79.0 Å². The molecule has 2 aliphatic heterocycles. The van der Waals surface area contributed by atoms with Crippen molar-refractivity contribution in [3.8, 4) is 17.2 Å². The number of rotatable bonds is 12. The Morgan fingerprint density at radius 3 is 2.48 bits per heavy atom. The second-order valence-electron chi connectivity index (χ2n) is 12.8. The van der Waals surface area contributed by atoms with Gasteiger partial charge in [-0.1, -0.05) is 23.8 Å². The molecule has 2 aromatic carbocycles. The highest BCUT2D eigenvalue weighted by atomic mass is 32.2. The number of nitrogens with one attached hydrogen (secondary N) is 2. The monoisotopic (exact) mass is 693 g/mol. The summed E-state index contributed by atoms with van der Waals surface area (Å²) in [5.41, 5.74) is 1.42. The molecule has 3 heterocycles. The quantitative estimate of drug-likeness (QED) is 0.122. The highest BCUT2D eigenvalue weighted by Crippen LogP contribution is 2.68. The minimum absolute atomic E-state index is 0.000826. The first-order valence-corrected chi connectivity index (χ1v) is 17.7. The minimum atomic E-state index is -0.854. The second-order valence-corrected chi connectivity index (χ2v) is 15.0. The van der Waals surface area contributed by atoms with E-state index >= 15 is 0 Å². The number of imide groups is 1. The number of aliphatic carboxylic acids is 1. The number of H-pyrrole nitrogens is 1. The summed E-state index contributed by atoms with van der Waals surface area (Å²) in [5, 5.41) is 21.9. The fourth-order valence-corrected chi connectivity index (χ4v) is 11.2. The Balaban J connectivity index is 1.11. The molecule has 4 aliphatic rings. The number of carboxylic acids is 1. The smallest absolute Gasteiger partial charge is 0.305 e. The number of carbonyl (C=O) groups is 4. The number of carbonyl (C=O) groups excluding carboxylic acids is 3. The first-order chi connectivity index (χ1) is 23.1. The fourth-order valence-electron chi connectivity index (χ4n) is 8.28. The summed E-state index contributed by atoms with van der Waals surface area (Å²) in [4.78, 5) is 68.7. The molecular weight excluding hydrogens is 659 g/mol. The summed E-state index contributed by atoms with van der Waals surface area (Å²) in [6.07, 6.45) is 2.56. The predicted molar refractivity (Wildman–Crippen MR) is 177 cm³/mol. The van der Waals surface area contributed by atoms with E-state index in [4.69, 9.17) is 14.6 Å². The zero-order chi connectivity index (χ0) is 33.7. The lowest BCUT2D eigenvalue weighted by molar-refractivity contribution is -0.141. The molecule has 48 heavy (non-hydrogen) atoms. The zero-order valence-electron chi connectivity index (χ0n) is 26.0. The summed E-state index contributed by atoms with van der Waals surface area (Å²) >= 11 is 2.79. The van der Waals surface area contributed by atoms with Crippen LogP contribution in [0, 0.1) is 29.6 Å². The Labute approximate surface area is 283 Å². The Morgan fingerprint density at radius 1 is 1.00 bits per heavy atom. The van der Waals surface area contributed by atoms with Crippen molar-refractivity contribution in [1.29, 1.82) is 0 Å². The van der Waals surface area contributed by atoms with Gasteiger partial charge < -0.3 is 30.0 Å². The molecule has 2 aliphatic carbocycles. The Morgan fingerprint density at radius 2 is 1.75 bits per heavy atom. The number of ether oxygens (including phenoxy) is 2. The van der Waals surface area contributed by atoms with E-state index in [1.54, 1.807) is 30.0 Å². The number of anilines is 1. The highest BCUT2D eigenvalue weighted by Gasteiger charge is 2.69. The van der Waals surface area contributed by atoms with Crippen LogP contribution in [0.15, 0.2) is 52.3 Å². The number of methoxy groups -OCH3 is 1. The number of fused-ring (bicyclic) bond motifs is 9. The first-order valence-electron chi connectivity index (χ1n) is 16.0. The normalized spacial score (nSPS) is 26.6. The van der Waals surface area contributed by atoms with Crippen molar-refractivity contribution in [2.45, 2.75) is 48.3 Å². The number of unbranched alkanes of at least 4 members (excludes halogenated alkanes) is 2. The Hall–Kier alpha value is -4.30. The van der Waals surface area contributed by atoms with E-state index in [1.165, 1.54) is 35.5 Å². The van der Waals surface area contributed by atoms with Gasteiger partial charge in [0.15, 0.2) is 18.1 Å². The maximum Gasteiger partial charge on any atom is 0.305 e. The van der Waals surface area contributed by atoms with Crippen LogP contribution in [0.4, 0.5) is 5.69 Å². The summed E-state index contributed by atoms with van der Waals surface area (Å²) in [6, 6.07) is 11.6. The van der Waals surface area contributed by atoms with Crippen molar-refractivity contribution in [3.05, 3.63) is 62.6 Å². The topological polar surface area (TPSA) is 175 Å². The SMILES string of the molecule is COc1cc([C@H]2c3sc(=O)[nH]c3SC3C4CC(C5C(=O)N(CCCCCC(=O)O)C(=O)C45)C32)ccc1OCC(=O)Nc1ccc(O)cc1. The fraction of sp³-hybridized carbons (Fsp3) is 0.441. The third-order valence-electron chi connectivity index (χ3n) is 10.1. The van der Waals surface area contributed by atoms with Crippen molar-refractivity contribution >= 4 is 52.5 Å². The number of hydrogen-bond donors (Lipinski definition) is 4. The van der Waals surface area contributed by atoms with Crippen LogP contribution in [0.1, 0.15) is 48.5 Å². The van der Waals surface area contributed by atoms with Crippen LogP contribution in [0.2, 0.25) is 0 Å². The molecule has 7 rings (SSSR count). The van der Waals surface area contributed by atoms with Crippen LogP contribution in [-0.4, -0.2) is 69.3 Å². The van der Waals surface area contributed by atoms with Crippen molar-refractivity contribution in [2.75, 3.05) is 25.6 Å². The van der Waals surface area contributed by atoms with Gasteiger partial charge in [-0.25, -0.2) is 0 Å². The molecule has 12 nitrogen and oxygen atoms in total. The maximum atomic E-state index is 13.8. The van der Waals surface area contributed by atoms with Crippen molar-refractivity contribution in [2.24, 2.45) is 29.6 Å². The number of phenols is 1. The molecule has 252 valence electrons. The summed E-state index contributed by atoms with van der Waals surface area (Å²) in [6.45, 7) is 0.0336. The Bertz CT molecular complexity index is 1820. The van der Waals surface area contributed by atoms with Gasteiger partial charge in [0, 0.05) is 34.7 Å². The standard InChI is InChI=1S/C34H35N3O9S2/c1-45-22-13-16(6-11-21(22)46-15-23(39)35-17-7-9-18(38)10-8-17)25-26-19-14-20(29(26)47-31-30(25)48-34(44)36-31)28-27(19)32(42)37(33(28)43)12-4-2-3-5-24(40)41/h6-11,13,19-20,25-29,38H,2-5,12,14-15H2,1H3,(H,35,39)(H,36,44)(H,40,41)/t19?,20?,25-,26?,27?,28?,29?/m1/s1. The number of aromatic amines is 1. The van der Waals surface area contributed by atoms with E-state index in [-0.39, 0.29) is 76.2 Å². The van der Waals surface area contributed by atoms with Crippen LogP contribution in [0.5, 0.6) is 17.2 Å². The largest absolute Gasteiger partial charge is 0.508 e. The highest BCUT2D eigenvalue weighted by molar-refractivity contribution is 8.00. The summed E-state index contributed by atoms with van der Waals surface area (Å²) < 4.78 is 11.5. The number of carboxylic acid groups (broad SMARTS) is 1. The average Bonchev–Trinajstić information content (AvgIpc) is 3.80. The number of thiazole rings is 1. The van der Waals surface area contributed by atoms with Crippen LogP contribution in [0.25, 0.3) is 0 Å². The second kappa shape index (κ2) is 13.0. The van der Waals surface area contributed by atoms with Gasteiger partial charge in [0.05, 0.1) is 24.0 Å². The molecule has 4 N–H and O–H groups in total. The van der Waals surface area contributed by atoms with Gasteiger partial charge in [0.25, 0.3) is 5.91 Å². The molecule has 3 fully saturated rings. The lowest BCUT2D eigenvalue weighted by atomic mass is 9.68. The molecule has 2 bridgehead atoms. The van der Waals surface area contributed by atoms with E-state index < -0.39 is 11.9 Å². The van der Waals surface area contributed by atoms with Gasteiger partial charge in [-0.15, -0.1) is 11.8 Å². The van der Waals surface area contributed by atoms with Gasteiger partial charge in [-0.2, -0.15) is 0 Å². The molecule has 3 aromatic rings. The van der Waals surface area contributed by atoms with Gasteiger partial charge >= 0.3 is 10.8 Å². The lowest BCUT2D eigenvalue weighted by Crippen LogP contribution is -2.42. The predicted octanol–water partition coefficient (Wildman–Crippen LogP) is 4.29. The van der Waals surface area contributed by atoms with E-state index in [0.717, 1.165) is 21.9 Å². The number of benzene rings is 2. The number of phenolic OH excluding ortho intramolecular Hbond substituents is 1. The number of aromatic hydroxyl groups is 1. The number of amides is 3. The molecule has 2 saturated carbocycles. The third-order valence-corrected chi connectivity index (χ3v) is 12.7. The summed E-state index contributed by atoms with van der Waals surface area (Å²) in [7, 11) is 1.52. The minimum Gasteiger partial charge on any atom is -0.508 e. The van der Waals surface area contributed by atoms with E-state index in [2.05, 4.69) is 10.3 Å². The van der Waals surface area contributed by atoms with Crippen LogP contribution in [-0.2, 0) is 19.2 Å². The number of aromatic nitrogens is 1. The lowest BCUT2D eigenvalue weighted by Gasteiger charge is -2.43. The van der Waals surface area contributed by atoms with Gasteiger partial charge in [-0.3, -0.25) is 28.9 Å². The molecule has 1 saturated heterocycles. The number of likely N-dealkylation sites (tertiary alicyclic amines) is 1. The maximum absolute atomic E-state index is 13.8. The van der Waals surface area contributed by atoms with Crippen molar-refractivity contribution < 1.29 is 38.9 Å². The third kappa shape index (κ3) is 5.74. The molecule has 7 atom stereocenters. The van der Waals surface area contributed by atoms with Crippen molar-refractivity contribution in [1.82, 2.24) is 9.88 Å². The van der Waals surface area contributed by atoms with E-state index in [0.29, 0.717) is 43.0 Å². The molecule has 0 radical (unpaired) electrons. The molecule has 6 unspecified atom stereocenters.